The number of aryl methyl sites for hydroxylation is 2. The highest BCUT2D eigenvalue weighted by atomic mass is 15.3. The van der Waals surface area contributed by atoms with Crippen molar-refractivity contribution in [2.45, 2.75) is 39.2 Å². The molecule has 26 heavy (non-hydrogen) atoms. The molecule has 3 heterocycles. The Bertz CT molecular complexity index is 871. The summed E-state index contributed by atoms with van der Waals surface area (Å²) in [5.41, 5.74) is 5.86. The molecule has 4 rings (SSSR count). The molecule has 0 bridgehead atoms. The fraction of sp³-hybridized carbons (Fsp3) is 0.381. The van der Waals surface area contributed by atoms with Crippen molar-refractivity contribution in [2.75, 3.05) is 13.1 Å². The van der Waals surface area contributed by atoms with Gasteiger partial charge in [-0.3, -0.25) is 4.90 Å². The van der Waals surface area contributed by atoms with E-state index in [1.54, 1.807) is 6.33 Å². The SMILES string of the molecule is Cc1cc(C)n(-c2cccc(CN3CCCC(c4ccncn4)C3)c2)n1. The van der Waals surface area contributed by atoms with Gasteiger partial charge in [-0.05, 0) is 63.1 Å². The Morgan fingerprint density at radius 3 is 2.85 bits per heavy atom. The number of benzene rings is 1. The second-order valence-electron chi connectivity index (χ2n) is 7.22. The number of likely N-dealkylation sites (tertiary alicyclic amines) is 1. The van der Waals surface area contributed by atoms with Gasteiger partial charge in [0.2, 0.25) is 0 Å². The van der Waals surface area contributed by atoms with Gasteiger partial charge in [0.25, 0.3) is 0 Å². The summed E-state index contributed by atoms with van der Waals surface area (Å²) in [6, 6.07) is 12.9. The molecule has 1 unspecified atom stereocenters. The molecule has 0 N–H and O–H groups in total. The van der Waals surface area contributed by atoms with Gasteiger partial charge in [0, 0.05) is 36.6 Å². The van der Waals surface area contributed by atoms with E-state index in [2.05, 4.69) is 63.3 Å². The van der Waals surface area contributed by atoms with E-state index < -0.39 is 0 Å². The Morgan fingerprint density at radius 2 is 2.08 bits per heavy atom. The van der Waals surface area contributed by atoms with Crippen LogP contribution in [-0.4, -0.2) is 37.7 Å². The van der Waals surface area contributed by atoms with Crippen LogP contribution in [0.2, 0.25) is 0 Å². The minimum atomic E-state index is 0.506. The summed E-state index contributed by atoms with van der Waals surface area (Å²) in [6.07, 6.45) is 5.93. The molecule has 2 aromatic heterocycles. The average Bonchev–Trinajstić information content (AvgIpc) is 3.01. The van der Waals surface area contributed by atoms with E-state index >= 15 is 0 Å². The van der Waals surface area contributed by atoms with E-state index in [9.17, 15) is 0 Å². The number of piperidine rings is 1. The Balaban J connectivity index is 1.49. The molecule has 1 aliphatic heterocycles. The normalized spacial score (nSPS) is 18.2. The molecule has 1 aliphatic rings. The molecule has 0 radical (unpaired) electrons. The third-order valence-corrected chi connectivity index (χ3v) is 5.10. The van der Waals surface area contributed by atoms with Gasteiger partial charge in [-0.15, -0.1) is 0 Å². The van der Waals surface area contributed by atoms with Gasteiger partial charge in [-0.2, -0.15) is 5.10 Å². The van der Waals surface area contributed by atoms with Crippen molar-refractivity contribution >= 4 is 0 Å². The van der Waals surface area contributed by atoms with E-state index in [1.807, 2.05) is 17.8 Å². The van der Waals surface area contributed by atoms with Crippen molar-refractivity contribution in [1.82, 2.24) is 24.6 Å². The van der Waals surface area contributed by atoms with Crippen molar-refractivity contribution in [2.24, 2.45) is 0 Å². The van der Waals surface area contributed by atoms with Crippen LogP contribution in [0.25, 0.3) is 5.69 Å². The highest BCUT2D eigenvalue weighted by Gasteiger charge is 2.22. The number of aromatic nitrogens is 4. The zero-order valence-corrected chi connectivity index (χ0v) is 15.5. The highest BCUT2D eigenvalue weighted by molar-refractivity contribution is 5.37. The summed E-state index contributed by atoms with van der Waals surface area (Å²) in [5.74, 6) is 0.506. The Labute approximate surface area is 154 Å². The molecular formula is C21H25N5. The number of hydrogen-bond donors (Lipinski definition) is 0. The monoisotopic (exact) mass is 347 g/mol. The Hall–Kier alpha value is -2.53. The molecule has 1 atom stereocenters. The van der Waals surface area contributed by atoms with Crippen molar-refractivity contribution in [3.8, 4) is 5.69 Å². The van der Waals surface area contributed by atoms with Gasteiger partial charge in [0.1, 0.15) is 6.33 Å². The fourth-order valence-electron chi connectivity index (χ4n) is 3.92. The second-order valence-corrected chi connectivity index (χ2v) is 7.22. The molecule has 5 heteroatoms. The van der Waals surface area contributed by atoms with Crippen LogP contribution in [0.3, 0.4) is 0 Å². The predicted octanol–water partition coefficient (Wildman–Crippen LogP) is 3.66. The number of hydrogen-bond acceptors (Lipinski definition) is 4. The number of rotatable bonds is 4. The van der Waals surface area contributed by atoms with Gasteiger partial charge >= 0.3 is 0 Å². The second kappa shape index (κ2) is 7.38. The number of nitrogens with zero attached hydrogens (tertiary/aromatic N) is 5. The maximum absolute atomic E-state index is 4.61. The molecule has 1 fully saturated rings. The van der Waals surface area contributed by atoms with Crippen LogP contribution in [-0.2, 0) is 6.54 Å². The third kappa shape index (κ3) is 3.68. The molecule has 0 aliphatic carbocycles. The van der Waals surface area contributed by atoms with E-state index in [0.717, 1.165) is 31.0 Å². The molecule has 1 saturated heterocycles. The van der Waals surface area contributed by atoms with E-state index in [-0.39, 0.29) is 0 Å². The van der Waals surface area contributed by atoms with Crippen LogP contribution in [0.15, 0.2) is 48.9 Å². The molecule has 0 saturated carbocycles. The molecular weight excluding hydrogens is 322 g/mol. The van der Waals surface area contributed by atoms with Crippen LogP contribution < -0.4 is 0 Å². The molecule has 3 aromatic rings. The predicted molar refractivity (Wildman–Crippen MR) is 102 cm³/mol. The van der Waals surface area contributed by atoms with Crippen molar-refractivity contribution in [1.29, 1.82) is 0 Å². The van der Waals surface area contributed by atoms with Crippen LogP contribution in [0, 0.1) is 13.8 Å². The molecule has 1 aromatic carbocycles. The van der Waals surface area contributed by atoms with Crippen LogP contribution in [0.4, 0.5) is 0 Å². The zero-order chi connectivity index (χ0) is 17.9. The Kier molecular flexibility index (Phi) is 4.80. The molecule has 0 amide bonds. The van der Waals surface area contributed by atoms with Gasteiger partial charge in [0.05, 0.1) is 11.4 Å². The van der Waals surface area contributed by atoms with E-state index in [4.69, 9.17) is 0 Å². The van der Waals surface area contributed by atoms with E-state index in [1.165, 1.54) is 29.8 Å². The smallest absolute Gasteiger partial charge is 0.115 e. The van der Waals surface area contributed by atoms with Gasteiger partial charge in [-0.1, -0.05) is 12.1 Å². The van der Waals surface area contributed by atoms with Gasteiger partial charge in [-0.25, -0.2) is 14.6 Å². The molecule has 0 spiro atoms. The lowest BCUT2D eigenvalue weighted by Gasteiger charge is -2.32. The topological polar surface area (TPSA) is 46.8 Å². The summed E-state index contributed by atoms with van der Waals surface area (Å²) >= 11 is 0. The first kappa shape index (κ1) is 16.9. The van der Waals surface area contributed by atoms with Gasteiger partial charge < -0.3 is 0 Å². The fourth-order valence-corrected chi connectivity index (χ4v) is 3.92. The van der Waals surface area contributed by atoms with Crippen LogP contribution in [0.5, 0.6) is 0 Å². The molecule has 5 nitrogen and oxygen atoms in total. The lowest BCUT2D eigenvalue weighted by Crippen LogP contribution is -2.34. The first-order valence-corrected chi connectivity index (χ1v) is 9.30. The first-order valence-electron chi connectivity index (χ1n) is 9.30. The summed E-state index contributed by atoms with van der Waals surface area (Å²) in [6.45, 7) is 7.31. The minimum Gasteiger partial charge on any atom is -0.298 e. The summed E-state index contributed by atoms with van der Waals surface area (Å²) < 4.78 is 2.03. The lowest BCUT2D eigenvalue weighted by atomic mass is 9.94. The summed E-state index contributed by atoms with van der Waals surface area (Å²) in [4.78, 5) is 11.0. The van der Waals surface area contributed by atoms with Crippen LogP contribution in [0.1, 0.15) is 41.4 Å². The molecule has 134 valence electrons. The maximum atomic E-state index is 4.61. The Morgan fingerprint density at radius 1 is 1.15 bits per heavy atom. The third-order valence-electron chi connectivity index (χ3n) is 5.10. The van der Waals surface area contributed by atoms with Gasteiger partial charge in [0.15, 0.2) is 0 Å². The van der Waals surface area contributed by atoms with Crippen LogP contribution >= 0.6 is 0 Å². The minimum absolute atomic E-state index is 0.506. The van der Waals surface area contributed by atoms with Crippen molar-refractivity contribution in [3.63, 3.8) is 0 Å². The highest BCUT2D eigenvalue weighted by Crippen LogP contribution is 2.26. The standard InChI is InChI=1S/C21H25N5/c1-16-11-17(2)26(24-16)20-7-3-5-18(12-20)13-25-10-4-6-19(14-25)21-8-9-22-15-23-21/h3,5,7-9,11-12,15,19H,4,6,10,13-14H2,1-2H3. The first-order chi connectivity index (χ1) is 12.7. The largest absolute Gasteiger partial charge is 0.298 e. The van der Waals surface area contributed by atoms with Crippen molar-refractivity contribution < 1.29 is 0 Å². The maximum Gasteiger partial charge on any atom is 0.115 e. The quantitative estimate of drug-likeness (QED) is 0.723. The lowest BCUT2D eigenvalue weighted by molar-refractivity contribution is 0.198. The van der Waals surface area contributed by atoms with Crippen molar-refractivity contribution in [3.05, 3.63) is 71.6 Å². The summed E-state index contributed by atoms with van der Waals surface area (Å²) in [7, 11) is 0. The average molecular weight is 347 g/mol. The summed E-state index contributed by atoms with van der Waals surface area (Å²) in [5, 5.41) is 4.61. The zero-order valence-electron chi connectivity index (χ0n) is 15.5. The van der Waals surface area contributed by atoms with E-state index in [0.29, 0.717) is 5.92 Å².